The number of carbonyl (C=O) groups excluding carboxylic acids is 1. The summed E-state index contributed by atoms with van der Waals surface area (Å²) in [5.41, 5.74) is 10.7. The molecule has 5 N–H and O–H groups in total. The Morgan fingerprint density at radius 2 is 2.00 bits per heavy atom. The van der Waals surface area contributed by atoms with E-state index in [0.29, 0.717) is 13.0 Å². The van der Waals surface area contributed by atoms with E-state index in [9.17, 15) is 4.79 Å². The summed E-state index contributed by atoms with van der Waals surface area (Å²) in [6, 6.07) is -0.428. The SMILES string of the molecule is CC(C)(C)NC(=O)[C@@H](N)CCCN. The fraction of sp³-hybridized carbons (Fsp3) is 0.889. The van der Waals surface area contributed by atoms with E-state index in [1.807, 2.05) is 20.8 Å². The first-order valence-electron chi connectivity index (χ1n) is 4.64. The van der Waals surface area contributed by atoms with Gasteiger partial charge in [0, 0.05) is 5.54 Å². The number of nitrogens with two attached hydrogens (primary N) is 2. The summed E-state index contributed by atoms with van der Waals surface area (Å²) >= 11 is 0. The van der Waals surface area contributed by atoms with Crippen molar-refractivity contribution in [1.29, 1.82) is 0 Å². The van der Waals surface area contributed by atoms with Crippen LogP contribution in [0.2, 0.25) is 0 Å². The molecule has 13 heavy (non-hydrogen) atoms. The molecule has 0 aromatic carbocycles. The molecule has 0 rings (SSSR count). The zero-order chi connectivity index (χ0) is 10.5. The number of hydrogen-bond donors (Lipinski definition) is 3. The van der Waals surface area contributed by atoms with Gasteiger partial charge in [-0.2, -0.15) is 0 Å². The predicted octanol–water partition coefficient (Wildman–Crippen LogP) is -0.0327. The third-order valence-electron chi connectivity index (χ3n) is 1.55. The van der Waals surface area contributed by atoms with Crippen LogP contribution in [0, 0.1) is 0 Å². The number of nitrogens with one attached hydrogen (secondary N) is 1. The molecule has 0 saturated carbocycles. The lowest BCUT2D eigenvalue weighted by Gasteiger charge is -2.23. The van der Waals surface area contributed by atoms with Crippen molar-refractivity contribution < 1.29 is 4.79 Å². The van der Waals surface area contributed by atoms with Gasteiger partial charge in [0.1, 0.15) is 0 Å². The highest BCUT2D eigenvalue weighted by molar-refractivity contribution is 5.82. The molecule has 0 aliphatic carbocycles. The highest BCUT2D eigenvalue weighted by Crippen LogP contribution is 2.01. The molecule has 0 aliphatic heterocycles. The van der Waals surface area contributed by atoms with E-state index < -0.39 is 6.04 Å². The van der Waals surface area contributed by atoms with Gasteiger partial charge in [0.25, 0.3) is 0 Å². The first-order chi connectivity index (χ1) is 5.87. The second-order valence-corrected chi connectivity index (χ2v) is 4.28. The Balaban J connectivity index is 3.83. The summed E-state index contributed by atoms with van der Waals surface area (Å²) in [6.45, 7) is 6.37. The summed E-state index contributed by atoms with van der Waals surface area (Å²) in [5.74, 6) is -0.0963. The average molecular weight is 187 g/mol. The van der Waals surface area contributed by atoms with E-state index in [1.165, 1.54) is 0 Å². The fourth-order valence-electron chi connectivity index (χ4n) is 0.931. The lowest BCUT2D eigenvalue weighted by molar-refractivity contribution is -0.123. The van der Waals surface area contributed by atoms with Crippen molar-refractivity contribution in [3.8, 4) is 0 Å². The maximum atomic E-state index is 11.4. The van der Waals surface area contributed by atoms with Crippen LogP contribution in [0.1, 0.15) is 33.6 Å². The van der Waals surface area contributed by atoms with E-state index in [-0.39, 0.29) is 11.4 Å². The van der Waals surface area contributed by atoms with Gasteiger partial charge in [0.05, 0.1) is 6.04 Å². The van der Waals surface area contributed by atoms with Crippen molar-refractivity contribution in [1.82, 2.24) is 5.32 Å². The van der Waals surface area contributed by atoms with Gasteiger partial charge >= 0.3 is 0 Å². The molecule has 0 saturated heterocycles. The van der Waals surface area contributed by atoms with Gasteiger partial charge < -0.3 is 16.8 Å². The average Bonchev–Trinajstić information content (AvgIpc) is 1.96. The van der Waals surface area contributed by atoms with E-state index >= 15 is 0 Å². The standard InChI is InChI=1S/C9H21N3O/c1-9(2,3)12-8(13)7(11)5-4-6-10/h7H,4-6,10-11H2,1-3H3,(H,12,13)/t7-/m0/s1. The van der Waals surface area contributed by atoms with Crippen LogP contribution in [0.15, 0.2) is 0 Å². The van der Waals surface area contributed by atoms with Crippen LogP contribution in [0.25, 0.3) is 0 Å². The third-order valence-corrected chi connectivity index (χ3v) is 1.55. The summed E-state index contributed by atoms with van der Waals surface area (Å²) < 4.78 is 0. The van der Waals surface area contributed by atoms with E-state index in [0.717, 1.165) is 6.42 Å². The van der Waals surface area contributed by atoms with Crippen LogP contribution < -0.4 is 16.8 Å². The van der Waals surface area contributed by atoms with Crippen molar-refractivity contribution in [2.45, 2.75) is 45.2 Å². The zero-order valence-corrected chi connectivity index (χ0v) is 8.76. The molecule has 4 heteroatoms. The Hall–Kier alpha value is -0.610. The lowest BCUT2D eigenvalue weighted by Crippen LogP contribution is -2.49. The lowest BCUT2D eigenvalue weighted by atomic mass is 10.1. The number of rotatable bonds is 4. The summed E-state index contributed by atoms with van der Waals surface area (Å²) in [7, 11) is 0. The van der Waals surface area contributed by atoms with Crippen LogP contribution in [0.4, 0.5) is 0 Å². The topological polar surface area (TPSA) is 81.1 Å². The van der Waals surface area contributed by atoms with Crippen LogP contribution >= 0.6 is 0 Å². The Morgan fingerprint density at radius 3 is 2.38 bits per heavy atom. The maximum absolute atomic E-state index is 11.4. The fourth-order valence-corrected chi connectivity index (χ4v) is 0.931. The molecular formula is C9H21N3O. The number of hydrogen-bond acceptors (Lipinski definition) is 3. The molecule has 0 radical (unpaired) electrons. The van der Waals surface area contributed by atoms with Gasteiger partial charge in [-0.05, 0) is 40.2 Å². The molecule has 1 amide bonds. The molecule has 0 unspecified atom stereocenters. The van der Waals surface area contributed by atoms with Gasteiger partial charge in [-0.1, -0.05) is 0 Å². The molecule has 1 atom stereocenters. The highest BCUT2D eigenvalue weighted by Gasteiger charge is 2.18. The largest absolute Gasteiger partial charge is 0.350 e. The molecule has 0 bridgehead atoms. The molecule has 78 valence electrons. The minimum absolute atomic E-state index is 0.0963. The van der Waals surface area contributed by atoms with Crippen LogP contribution in [0.3, 0.4) is 0 Å². The first-order valence-corrected chi connectivity index (χ1v) is 4.64. The summed E-state index contributed by atoms with van der Waals surface area (Å²) in [5, 5.41) is 2.82. The Labute approximate surface area is 80.0 Å². The van der Waals surface area contributed by atoms with Crippen molar-refractivity contribution in [3.63, 3.8) is 0 Å². The highest BCUT2D eigenvalue weighted by atomic mass is 16.2. The number of amides is 1. The van der Waals surface area contributed by atoms with Crippen LogP contribution in [-0.4, -0.2) is 24.0 Å². The van der Waals surface area contributed by atoms with E-state index in [4.69, 9.17) is 11.5 Å². The normalized spacial score (nSPS) is 13.9. The monoisotopic (exact) mass is 187 g/mol. The smallest absolute Gasteiger partial charge is 0.237 e. The Kier molecular flexibility index (Phi) is 4.95. The number of carbonyl (C=O) groups is 1. The van der Waals surface area contributed by atoms with Gasteiger partial charge in [-0.3, -0.25) is 4.79 Å². The second-order valence-electron chi connectivity index (χ2n) is 4.28. The van der Waals surface area contributed by atoms with E-state index in [1.54, 1.807) is 0 Å². The third kappa shape index (κ3) is 6.54. The molecule has 0 spiro atoms. The van der Waals surface area contributed by atoms with Gasteiger partial charge in [-0.25, -0.2) is 0 Å². The molecular weight excluding hydrogens is 166 g/mol. The minimum atomic E-state index is -0.428. The van der Waals surface area contributed by atoms with Gasteiger partial charge in [-0.15, -0.1) is 0 Å². The first kappa shape index (κ1) is 12.4. The summed E-state index contributed by atoms with van der Waals surface area (Å²) in [4.78, 5) is 11.4. The molecule has 0 aliphatic rings. The Bertz CT molecular complexity index is 163. The van der Waals surface area contributed by atoms with Gasteiger partial charge in [0.15, 0.2) is 0 Å². The molecule has 0 aromatic rings. The molecule has 0 fully saturated rings. The second kappa shape index (κ2) is 5.19. The van der Waals surface area contributed by atoms with Crippen LogP contribution in [-0.2, 0) is 4.79 Å². The molecule has 4 nitrogen and oxygen atoms in total. The zero-order valence-electron chi connectivity index (χ0n) is 8.76. The minimum Gasteiger partial charge on any atom is -0.350 e. The van der Waals surface area contributed by atoms with Crippen LogP contribution in [0.5, 0.6) is 0 Å². The molecule has 0 heterocycles. The summed E-state index contributed by atoms with van der Waals surface area (Å²) in [6.07, 6.45) is 1.44. The van der Waals surface area contributed by atoms with Crippen molar-refractivity contribution >= 4 is 5.91 Å². The quantitative estimate of drug-likeness (QED) is 0.578. The maximum Gasteiger partial charge on any atom is 0.237 e. The molecule has 0 aromatic heterocycles. The van der Waals surface area contributed by atoms with Crippen molar-refractivity contribution in [2.24, 2.45) is 11.5 Å². The van der Waals surface area contributed by atoms with Gasteiger partial charge in [0.2, 0.25) is 5.91 Å². The van der Waals surface area contributed by atoms with Crippen molar-refractivity contribution in [3.05, 3.63) is 0 Å². The van der Waals surface area contributed by atoms with E-state index in [2.05, 4.69) is 5.32 Å². The predicted molar refractivity (Wildman–Crippen MR) is 54.2 cm³/mol. The van der Waals surface area contributed by atoms with Crippen molar-refractivity contribution in [2.75, 3.05) is 6.54 Å². The Morgan fingerprint density at radius 1 is 1.46 bits per heavy atom.